The molecule has 25 heavy (non-hydrogen) atoms. The minimum Gasteiger partial charge on any atom is -0.481 e. The second-order valence-corrected chi connectivity index (χ2v) is 6.16. The van der Waals surface area contributed by atoms with Crippen LogP contribution in [-0.2, 0) is 6.54 Å². The summed E-state index contributed by atoms with van der Waals surface area (Å²) in [5.41, 5.74) is 2.05. The SMILES string of the molecule is COc1ccc(CNC(=O)N2CCC[C@H](Nc3ccccc3)C2)cn1. The quantitative estimate of drug-likeness (QED) is 0.878. The Hall–Kier alpha value is -2.76. The molecule has 2 N–H and O–H groups in total. The molecule has 0 bridgehead atoms. The zero-order valence-corrected chi connectivity index (χ0v) is 14.4. The molecular weight excluding hydrogens is 316 g/mol. The fraction of sp³-hybridized carbons (Fsp3) is 0.368. The van der Waals surface area contributed by atoms with E-state index < -0.39 is 0 Å². The van der Waals surface area contributed by atoms with Crippen LogP contribution in [0, 0.1) is 0 Å². The van der Waals surface area contributed by atoms with Crippen LogP contribution in [0.15, 0.2) is 48.7 Å². The number of amides is 2. The lowest BCUT2D eigenvalue weighted by Gasteiger charge is -2.33. The van der Waals surface area contributed by atoms with Crippen LogP contribution in [0.2, 0.25) is 0 Å². The number of rotatable bonds is 5. The summed E-state index contributed by atoms with van der Waals surface area (Å²) >= 11 is 0. The number of nitrogens with one attached hydrogen (secondary N) is 2. The average Bonchev–Trinajstić information content (AvgIpc) is 2.67. The van der Waals surface area contributed by atoms with Crippen molar-refractivity contribution in [3.05, 3.63) is 54.2 Å². The van der Waals surface area contributed by atoms with E-state index in [1.165, 1.54) is 0 Å². The Bertz CT molecular complexity index is 676. The van der Waals surface area contributed by atoms with Gasteiger partial charge in [0.15, 0.2) is 0 Å². The van der Waals surface area contributed by atoms with E-state index in [0.29, 0.717) is 19.0 Å². The number of carbonyl (C=O) groups is 1. The number of benzene rings is 1. The van der Waals surface area contributed by atoms with Crippen LogP contribution in [0.1, 0.15) is 18.4 Å². The summed E-state index contributed by atoms with van der Waals surface area (Å²) in [6.07, 6.45) is 3.79. The molecular formula is C19H24N4O2. The summed E-state index contributed by atoms with van der Waals surface area (Å²) < 4.78 is 5.04. The number of piperidine rings is 1. The number of hydrogen-bond donors (Lipinski definition) is 2. The van der Waals surface area contributed by atoms with E-state index in [4.69, 9.17) is 4.74 Å². The summed E-state index contributed by atoms with van der Waals surface area (Å²) in [7, 11) is 1.58. The third kappa shape index (κ3) is 4.86. The van der Waals surface area contributed by atoms with Gasteiger partial charge >= 0.3 is 6.03 Å². The highest BCUT2D eigenvalue weighted by Crippen LogP contribution is 2.16. The predicted molar refractivity (Wildman–Crippen MR) is 97.7 cm³/mol. The number of urea groups is 1. The van der Waals surface area contributed by atoms with Gasteiger partial charge in [0, 0.05) is 43.6 Å². The van der Waals surface area contributed by atoms with Gasteiger partial charge < -0.3 is 20.3 Å². The van der Waals surface area contributed by atoms with Gasteiger partial charge in [-0.15, -0.1) is 0 Å². The minimum absolute atomic E-state index is 0.0321. The first-order valence-corrected chi connectivity index (χ1v) is 8.58. The van der Waals surface area contributed by atoms with Crippen LogP contribution < -0.4 is 15.4 Å². The molecule has 1 fully saturated rings. The molecule has 2 amide bonds. The molecule has 0 spiro atoms. The van der Waals surface area contributed by atoms with Crippen LogP contribution in [0.4, 0.5) is 10.5 Å². The molecule has 3 rings (SSSR count). The Labute approximate surface area is 148 Å². The van der Waals surface area contributed by atoms with Crippen LogP contribution >= 0.6 is 0 Å². The van der Waals surface area contributed by atoms with Gasteiger partial charge in [0.1, 0.15) is 0 Å². The fourth-order valence-corrected chi connectivity index (χ4v) is 2.98. The second kappa shape index (κ2) is 8.37. The number of aromatic nitrogens is 1. The third-order valence-electron chi connectivity index (χ3n) is 4.30. The number of anilines is 1. The molecule has 1 atom stereocenters. The maximum absolute atomic E-state index is 12.4. The van der Waals surface area contributed by atoms with Gasteiger partial charge in [-0.25, -0.2) is 9.78 Å². The van der Waals surface area contributed by atoms with Crippen molar-refractivity contribution in [2.24, 2.45) is 0 Å². The number of methoxy groups -OCH3 is 1. The highest BCUT2D eigenvalue weighted by Gasteiger charge is 2.23. The van der Waals surface area contributed by atoms with Gasteiger partial charge in [0.2, 0.25) is 5.88 Å². The van der Waals surface area contributed by atoms with Gasteiger partial charge in [-0.2, -0.15) is 0 Å². The Morgan fingerprint density at radius 1 is 1.28 bits per heavy atom. The van der Waals surface area contributed by atoms with Crippen molar-refractivity contribution >= 4 is 11.7 Å². The molecule has 6 nitrogen and oxygen atoms in total. The number of pyridine rings is 1. The number of hydrogen-bond acceptors (Lipinski definition) is 4. The van der Waals surface area contributed by atoms with Crippen molar-refractivity contribution in [3.63, 3.8) is 0 Å². The summed E-state index contributed by atoms with van der Waals surface area (Å²) in [6, 6.07) is 14.1. The first-order chi connectivity index (χ1) is 12.2. The van der Waals surface area contributed by atoms with Gasteiger partial charge in [-0.3, -0.25) is 0 Å². The van der Waals surface area contributed by atoms with Crippen molar-refractivity contribution in [1.29, 1.82) is 0 Å². The fourth-order valence-electron chi connectivity index (χ4n) is 2.98. The van der Waals surface area contributed by atoms with Crippen molar-refractivity contribution in [1.82, 2.24) is 15.2 Å². The zero-order chi connectivity index (χ0) is 17.5. The number of nitrogens with zero attached hydrogens (tertiary/aromatic N) is 2. The first-order valence-electron chi connectivity index (χ1n) is 8.58. The van der Waals surface area contributed by atoms with Crippen LogP contribution in [0.25, 0.3) is 0 Å². The molecule has 0 saturated carbocycles. The molecule has 1 aromatic heterocycles. The molecule has 0 unspecified atom stereocenters. The largest absolute Gasteiger partial charge is 0.481 e. The Balaban J connectivity index is 1.49. The second-order valence-electron chi connectivity index (χ2n) is 6.16. The molecule has 2 aromatic rings. The minimum atomic E-state index is -0.0321. The summed E-state index contributed by atoms with van der Waals surface area (Å²) in [4.78, 5) is 18.5. The highest BCUT2D eigenvalue weighted by atomic mass is 16.5. The van der Waals surface area contributed by atoms with Crippen molar-refractivity contribution < 1.29 is 9.53 Å². The van der Waals surface area contributed by atoms with Gasteiger partial charge in [0.05, 0.1) is 7.11 Å². The topological polar surface area (TPSA) is 66.5 Å². The van der Waals surface area contributed by atoms with Gasteiger partial charge in [-0.05, 0) is 30.5 Å². The number of likely N-dealkylation sites (tertiary alicyclic amines) is 1. The molecule has 1 aromatic carbocycles. The molecule has 6 heteroatoms. The van der Waals surface area contributed by atoms with Crippen molar-refractivity contribution in [2.75, 3.05) is 25.5 Å². The molecule has 0 radical (unpaired) electrons. The van der Waals surface area contributed by atoms with E-state index in [9.17, 15) is 4.79 Å². The smallest absolute Gasteiger partial charge is 0.317 e. The molecule has 1 aliphatic heterocycles. The molecule has 1 saturated heterocycles. The average molecular weight is 340 g/mol. The first kappa shape index (κ1) is 17.1. The predicted octanol–water partition coefficient (Wildman–Crippen LogP) is 2.88. The number of carbonyl (C=O) groups excluding carboxylic acids is 1. The monoisotopic (exact) mass is 340 g/mol. The van der Waals surface area contributed by atoms with Crippen molar-refractivity contribution in [3.8, 4) is 5.88 Å². The zero-order valence-electron chi connectivity index (χ0n) is 14.4. The van der Waals surface area contributed by atoms with Gasteiger partial charge in [-0.1, -0.05) is 24.3 Å². The summed E-state index contributed by atoms with van der Waals surface area (Å²) in [5.74, 6) is 0.570. The highest BCUT2D eigenvalue weighted by molar-refractivity contribution is 5.74. The maximum atomic E-state index is 12.4. The third-order valence-corrected chi connectivity index (χ3v) is 4.30. The Kier molecular flexibility index (Phi) is 5.72. The van der Waals surface area contributed by atoms with Crippen LogP contribution in [0.5, 0.6) is 5.88 Å². The number of para-hydroxylation sites is 1. The lowest BCUT2D eigenvalue weighted by molar-refractivity contribution is 0.182. The normalized spacial score (nSPS) is 17.0. The van der Waals surface area contributed by atoms with E-state index in [1.54, 1.807) is 19.4 Å². The maximum Gasteiger partial charge on any atom is 0.317 e. The molecule has 2 heterocycles. The van der Waals surface area contributed by atoms with Crippen LogP contribution in [0.3, 0.4) is 0 Å². The van der Waals surface area contributed by atoms with Gasteiger partial charge in [0.25, 0.3) is 0 Å². The van der Waals surface area contributed by atoms with E-state index >= 15 is 0 Å². The van der Waals surface area contributed by atoms with E-state index in [2.05, 4.69) is 27.8 Å². The molecule has 0 aliphatic carbocycles. The Morgan fingerprint density at radius 3 is 2.84 bits per heavy atom. The van der Waals surface area contributed by atoms with Crippen molar-refractivity contribution in [2.45, 2.75) is 25.4 Å². The van der Waals surface area contributed by atoms with Crippen LogP contribution in [-0.4, -0.2) is 42.2 Å². The lowest BCUT2D eigenvalue weighted by atomic mass is 10.1. The van der Waals surface area contributed by atoms with E-state index in [-0.39, 0.29) is 12.1 Å². The van der Waals surface area contributed by atoms with E-state index in [0.717, 1.165) is 30.6 Å². The lowest BCUT2D eigenvalue weighted by Crippen LogP contribution is -2.48. The standard InChI is InChI=1S/C19H24N4O2/c1-25-18-10-9-15(12-20-18)13-21-19(24)23-11-5-8-17(14-23)22-16-6-3-2-4-7-16/h2-4,6-7,9-10,12,17,22H,5,8,11,13-14H2,1H3,(H,21,24)/t17-/m0/s1. The summed E-state index contributed by atoms with van der Waals surface area (Å²) in [5, 5.41) is 6.48. The number of ether oxygens (including phenoxy) is 1. The Morgan fingerprint density at radius 2 is 2.12 bits per heavy atom. The molecule has 132 valence electrons. The van der Waals surface area contributed by atoms with E-state index in [1.807, 2.05) is 29.2 Å². The molecule has 1 aliphatic rings. The summed E-state index contributed by atoms with van der Waals surface area (Å²) in [6.45, 7) is 1.96.